The van der Waals surface area contributed by atoms with E-state index in [1.54, 1.807) is 56.6 Å². The molecule has 2 aromatic carbocycles. The predicted molar refractivity (Wildman–Crippen MR) is 97.4 cm³/mol. The van der Waals surface area contributed by atoms with E-state index in [0.29, 0.717) is 21.7 Å². The summed E-state index contributed by atoms with van der Waals surface area (Å²) >= 11 is 1.39. The highest BCUT2D eigenvalue weighted by molar-refractivity contribution is 7.20. The Bertz CT molecular complexity index is 1020. The van der Waals surface area contributed by atoms with Crippen LogP contribution in [0, 0.1) is 0 Å². The smallest absolute Gasteiger partial charge is 0.266 e. The fraction of sp³-hybridized carbons (Fsp3) is 0.105. The Labute approximate surface area is 148 Å². The average molecular weight is 350 g/mol. The molecule has 0 unspecified atom stereocenters. The molecule has 0 saturated carbocycles. The first-order valence-corrected chi connectivity index (χ1v) is 8.52. The molecule has 4 rings (SSSR count). The maximum absolute atomic E-state index is 12.6. The van der Waals surface area contributed by atoms with Crippen molar-refractivity contribution in [2.75, 3.05) is 19.0 Å². The fourth-order valence-corrected chi connectivity index (χ4v) is 3.98. The van der Waals surface area contributed by atoms with Crippen molar-refractivity contribution in [3.8, 4) is 0 Å². The van der Waals surface area contributed by atoms with E-state index in [9.17, 15) is 14.4 Å². The summed E-state index contributed by atoms with van der Waals surface area (Å²) in [7, 11) is 3.41. The molecule has 1 aliphatic heterocycles. The molecule has 0 aliphatic carbocycles. The van der Waals surface area contributed by atoms with Gasteiger partial charge in [-0.25, -0.2) is 4.90 Å². The van der Waals surface area contributed by atoms with Gasteiger partial charge in [0.2, 0.25) is 0 Å². The number of hydrogen-bond donors (Lipinski definition) is 0. The van der Waals surface area contributed by atoms with E-state index in [1.807, 2.05) is 6.07 Å². The van der Waals surface area contributed by atoms with Gasteiger partial charge in [0, 0.05) is 18.8 Å². The third-order valence-electron chi connectivity index (χ3n) is 4.17. The lowest BCUT2D eigenvalue weighted by Crippen LogP contribution is -2.29. The SMILES string of the molecule is CN(C)C(=O)c1cc2cc(N3C(=O)c4ccccc4C3=O)ccc2s1. The summed E-state index contributed by atoms with van der Waals surface area (Å²) < 4.78 is 0.936. The number of nitrogens with zero attached hydrogens (tertiary/aromatic N) is 2. The summed E-state index contributed by atoms with van der Waals surface area (Å²) in [5.41, 5.74) is 1.35. The molecule has 1 aliphatic rings. The van der Waals surface area contributed by atoms with E-state index in [1.165, 1.54) is 21.1 Å². The van der Waals surface area contributed by atoms with E-state index in [2.05, 4.69) is 0 Å². The summed E-state index contributed by atoms with van der Waals surface area (Å²) in [6, 6.07) is 14.0. The van der Waals surface area contributed by atoms with Crippen molar-refractivity contribution in [1.82, 2.24) is 4.90 Å². The molecule has 2 heterocycles. The number of carbonyl (C=O) groups excluding carboxylic acids is 3. The molecule has 0 N–H and O–H groups in total. The summed E-state index contributed by atoms with van der Waals surface area (Å²) in [6.07, 6.45) is 0. The van der Waals surface area contributed by atoms with Crippen molar-refractivity contribution in [1.29, 1.82) is 0 Å². The maximum atomic E-state index is 12.6. The number of hydrogen-bond acceptors (Lipinski definition) is 4. The van der Waals surface area contributed by atoms with Crippen LogP contribution in [0.25, 0.3) is 10.1 Å². The number of imide groups is 1. The lowest BCUT2D eigenvalue weighted by molar-refractivity contribution is 0.0831. The first-order valence-electron chi connectivity index (χ1n) is 7.70. The predicted octanol–water partition coefficient (Wildman–Crippen LogP) is 3.40. The third kappa shape index (κ3) is 2.34. The van der Waals surface area contributed by atoms with Gasteiger partial charge in [-0.3, -0.25) is 14.4 Å². The van der Waals surface area contributed by atoms with Crippen molar-refractivity contribution in [2.45, 2.75) is 0 Å². The maximum Gasteiger partial charge on any atom is 0.266 e. The average Bonchev–Trinajstić information content (AvgIpc) is 3.13. The van der Waals surface area contributed by atoms with Crippen LogP contribution in [0.15, 0.2) is 48.5 Å². The van der Waals surface area contributed by atoms with Gasteiger partial charge in [0.05, 0.1) is 21.7 Å². The van der Waals surface area contributed by atoms with Crippen LogP contribution in [0.4, 0.5) is 5.69 Å². The van der Waals surface area contributed by atoms with Gasteiger partial charge in [-0.15, -0.1) is 11.3 Å². The molecule has 25 heavy (non-hydrogen) atoms. The molecule has 0 spiro atoms. The largest absolute Gasteiger partial charge is 0.344 e. The number of rotatable bonds is 2. The van der Waals surface area contributed by atoms with Crippen molar-refractivity contribution in [2.24, 2.45) is 0 Å². The zero-order valence-electron chi connectivity index (χ0n) is 13.6. The van der Waals surface area contributed by atoms with Gasteiger partial charge in [-0.1, -0.05) is 12.1 Å². The highest BCUT2D eigenvalue weighted by Gasteiger charge is 2.36. The fourth-order valence-electron chi connectivity index (χ4n) is 2.92. The van der Waals surface area contributed by atoms with Crippen molar-refractivity contribution in [3.05, 3.63) is 64.5 Å². The first kappa shape index (κ1) is 15.5. The van der Waals surface area contributed by atoms with Crippen LogP contribution in [-0.4, -0.2) is 36.7 Å². The quantitative estimate of drug-likeness (QED) is 0.666. The van der Waals surface area contributed by atoms with Gasteiger partial charge in [-0.05, 0) is 41.8 Å². The Hall–Kier alpha value is -2.99. The molecule has 0 bridgehead atoms. The number of anilines is 1. The van der Waals surface area contributed by atoms with Crippen LogP contribution in [0.1, 0.15) is 30.4 Å². The topological polar surface area (TPSA) is 57.7 Å². The zero-order chi connectivity index (χ0) is 17.7. The molecule has 0 radical (unpaired) electrons. The molecular formula is C19H14N2O3S. The van der Waals surface area contributed by atoms with E-state index >= 15 is 0 Å². The Morgan fingerprint density at radius 2 is 1.60 bits per heavy atom. The number of thiophene rings is 1. The van der Waals surface area contributed by atoms with Gasteiger partial charge in [-0.2, -0.15) is 0 Å². The second-order valence-electron chi connectivity index (χ2n) is 6.02. The van der Waals surface area contributed by atoms with Gasteiger partial charge in [0.25, 0.3) is 17.7 Å². The third-order valence-corrected chi connectivity index (χ3v) is 5.27. The van der Waals surface area contributed by atoms with E-state index < -0.39 is 0 Å². The normalized spacial score (nSPS) is 13.4. The Morgan fingerprint density at radius 1 is 0.960 bits per heavy atom. The highest BCUT2D eigenvalue weighted by atomic mass is 32.1. The summed E-state index contributed by atoms with van der Waals surface area (Å²) in [5, 5.41) is 0.837. The molecule has 1 aromatic heterocycles. The molecule has 0 fully saturated rings. The van der Waals surface area contributed by atoms with Gasteiger partial charge in [0.1, 0.15) is 0 Å². The van der Waals surface area contributed by atoms with Gasteiger partial charge in [0.15, 0.2) is 0 Å². The van der Waals surface area contributed by atoms with Crippen molar-refractivity contribution in [3.63, 3.8) is 0 Å². The minimum atomic E-state index is -0.320. The Balaban J connectivity index is 1.77. The van der Waals surface area contributed by atoms with Gasteiger partial charge >= 0.3 is 0 Å². The van der Waals surface area contributed by atoms with Crippen LogP contribution < -0.4 is 4.90 Å². The van der Waals surface area contributed by atoms with E-state index in [-0.39, 0.29) is 17.7 Å². The monoisotopic (exact) mass is 350 g/mol. The van der Waals surface area contributed by atoms with Crippen LogP contribution >= 0.6 is 11.3 Å². The minimum absolute atomic E-state index is 0.0662. The van der Waals surface area contributed by atoms with Gasteiger partial charge < -0.3 is 4.90 Å². The molecule has 6 heteroatoms. The second-order valence-corrected chi connectivity index (χ2v) is 7.11. The number of benzene rings is 2. The molecule has 0 saturated heterocycles. The second kappa shape index (κ2) is 5.53. The molecule has 3 aromatic rings. The molecule has 0 atom stereocenters. The van der Waals surface area contributed by atoms with E-state index in [0.717, 1.165) is 10.1 Å². The lowest BCUT2D eigenvalue weighted by Gasteiger charge is -2.13. The molecule has 3 amide bonds. The minimum Gasteiger partial charge on any atom is -0.344 e. The standard InChI is InChI=1S/C19H14N2O3S/c1-20(2)19(24)16-10-11-9-12(7-8-15(11)25-16)21-17(22)13-5-3-4-6-14(13)18(21)23/h3-10H,1-2H3. The van der Waals surface area contributed by atoms with Crippen LogP contribution in [-0.2, 0) is 0 Å². The Morgan fingerprint density at radius 3 is 2.20 bits per heavy atom. The molecular weight excluding hydrogens is 336 g/mol. The summed E-state index contributed by atoms with van der Waals surface area (Å²) in [5.74, 6) is -0.706. The number of amides is 3. The van der Waals surface area contributed by atoms with E-state index in [4.69, 9.17) is 0 Å². The zero-order valence-corrected chi connectivity index (χ0v) is 14.5. The number of carbonyl (C=O) groups is 3. The first-order chi connectivity index (χ1) is 12.0. The van der Waals surface area contributed by atoms with Crippen LogP contribution in [0.3, 0.4) is 0 Å². The van der Waals surface area contributed by atoms with Crippen LogP contribution in [0.2, 0.25) is 0 Å². The van der Waals surface area contributed by atoms with Crippen molar-refractivity contribution >= 4 is 44.8 Å². The Kier molecular flexibility index (Phi) is 3.43. The highest BCUT2D eigenvalue weighted by Crippen LogP contribution is 2.33. The number of fused-ring (bicyclic) bond motifs is 2. The molecule has 124 valence electrons. The lowest BCUT2D eigenvalue weighted by atomic mass is 10.1. The summed E-state index contributed by atoms with van der Waals surface area (Å²) in [4.78, 5) is 40.7. The summed E-state index contributed by atoms with van der Waals surface area (Å²) in [6.45, 7) is 0. The molecule has 5 nitrogen and oxygen atoms in total. The van der Waals surface area contributed by atoms with Crippen molar-refractivity contribution < 1.29 is 14.4 Å². The van der Waals surface area contributed by atoms with Crippen LogP contribution in [0.5, 0.6) is 0 Å².